The van der Waals surface area contributed by atoms with Gasteiger partial charge in [-0.15, -0.1) is 0 Å². The van der Waals surface area contributed by atoms with Gasteiger partial charge in [-0.3, -0.25) is 9.79 Å². The number of amides is 1. The van der Waals surface area contributed by atoms with Crippen molar-refractivity contribution in [1.82, 2.24) is 0 Å². The van der Waals surface area contributed by atoms with Crippen molar-refractivity contribution in [3.05, 3.63) is 80.3 Å². The summed E-state index contributed by atoms with van der Waals surface area (Å²) in [7, 11) is 0. The summed E-state index contributed by atoms with van der Waals surface area (Å²) in [5.41, 5.74) is 3.86. The highest BCUT2D eigenvalue weighted by Crippen LogP contribution is 2.36. The van der Waals surface area contributed by atoms with Gasteiger partial charge >= 0.3 is 0 Å². The molecule has 3 aromatic carbocycles. The van der Waals surface area contributed by atoms with Crippen LogP contribution >= 0.6 is 34.8 Å². The molecular formula is C25H23Cl3N2O3. The number of rotatable bonds is 8. The summed E-state index contributed by atoms with van der Waals surface area (Å²) in [6.07, 6.45) is 1.67. The Kier molecular flexibility index (Phi) is 8.61. The monoisotopic (exact) mass is 504 g/mol. The molecule has 0 bridgehead atoms. The molecule has 1 N–H and O–H groups in total. The lowest BCUT2D eigenvalue weighted by Crippen LogP contribution is -2.20. The number of aliphatic imine (C=N–C) groups is 1. The van der Waals surface area contributed by atoms with Crippen molar-refractivity contribution in [3.63, 3.8) is 0 Å². The summed E-state index contributed by atoms with van der Waals surface area (Å²) in [6.45, 7) is 5.79. The summed E-state index contributed by atoms with van der Waals surface area (Å²) in [5, 5.41) is 4.26. The number of anilines is 1. The summed E-state index contributed by atoms with van der Waals surface area (Å²) in [5.74, 6) is 0.350. The molecule has 5 nitrogen and oxygen atoms in total. The van der Waals surface area contributed by atoms with Crippen LogP contribution in [-0.4, -0.2) is 25.3 Å². The molecule has 8 heteroatoms. The van der Waals surface area contributed by atoms with Crippen LogP contribution in [0.2, 0.25) is 15.1 Å². The predicted molar refractivity (Wildman–Crippen MR) is 136 cm³/mol. The highest BCUT2D eigenvalue weighted by molar-refractivity contribution is 6.33. The maximum atomic E-state index is 12.4. The zero-order valence-corrected chi connectivity index (χ0v) is 20.7. The number of aryl methyl sites for hydroxylation is 1. The number of carbonyl (C=O) groups is 1. The van der Waals surface area contributed by atoms with Crippen molar-refractivity contribution in [1.29, 1.82) is 0 Å². The lowest BCUT2D eigenvalue weighted by atomic mass is 10.2. The molecule has 0 saturated heterocycles. The molecule has 0 atom stereocenters. The van der Waals surface area contributed by atoms with Gasteiger partial charge in [0.15, 0.2) is 18.1 Å². The molecule has 0 radical (unpaired) electrons. The molecule has 0 spiro atoms. The van der Waals surface area contributed by atoms with Gasteiger partial charge in [0.1, 0.15) is 0 Å². The van der Waals surface area contributed by atoms with Crippen molar-refractivity contribution < 1.29 is 14.3 Å². The minimum atomic E-state index is -0.351. The molecule has 0 fully saturated rings. The van der Waals surface area contributed by atoms with E-state index in [0.29, 0.717) is 38.7 Å². The molecule has 0 unspecified atom stereocenters. The number of hydrogen-bond donors (Lipinski definition) is 1. The smallest absolute Gasteiger partial charge is 0.262 e. The summed E-state index contributed by atoms with van der Waals surface area (Å²) in [6, 6.07) is 14.3. The van der Waals surface area contributed by atoms with E-state index in [1.807, 2.05) is 45.0 Å². The number of benzene rings is 3. The van der Waals surface area contributed by atoms with E-state index in [0.717, 1.165) is 16.8 Å². The van der Waals surface area contributed by atoms with Crippen molar-refractivity contribution in [2.75, 3.05) is 18.5 Å². The van der Waals surface area contributed by atoms with Gasteiger partial charge in [0.2, 0.25) is 0 Å². The highest BCUT2D eigenvalue weighted by Gasteiger charge is 2.14. The minimum absolute atomic E-state index is 0.250. The molecule has 0 aliphatic heterocycles. The van der Waals surface area contributed by atoms with Gasteiger partial charge in [-0.1, -0.05) is 46.9 Å². The average molecular weight is 506 g/mol. The summed E-state index contributed by atoms with van der Waals surface area (Å²) < 4.78 is 11.4. The van der Waals surface area contributed by atoms with Gasteiger partial charge in [0.05, 0.1) is 17.3 Å². The Labute approximate surface area is 208 Å². The van der Waals surface area contributed by atoms with E-state index in [1.165, 1.54) is 0 Å². The Hall–Kier alpha value is -2.73. The molecule has 3 rings (SSSR count). The molecule has 0 aromatic heterocycles. The fourth-order valence-electron chi connectivity index (χ4n) is 2.95. The number of carbonyl (C=O) groups excluding carboxylic acids is 1. The van der Waals surface area contributed by atoms with Crippen molar-refractivity contribution in [2.24, 2.45) is 4.99 Å². The molecule has 172 valence electrons. The number of halogens is 3. The molecule has 0 heterocycles. The molecule has 0 aliphatic carbocycles. The van der Waals surface area contributed by atoms with Crippen LogP contribution in [0.1, 0.15) is 23.6 Å². The topological polar surface area (TPSA) is 59.9 Å². The van der Waals surface area contributed by atoms with E-state index >= 15 is 0 Å². The Bertz CT molecular complexity index is 1200. The molecule has 0 saturated carbocycles. The van der Waals surface area contributed by atoms with Crippen LogP contribution in [0, 0.1) is 13.8 Å². The maximum absolute atomic E-state index is 12.4. The zero-order chi connectivity index (χ0) is 24.0. The van der Waals surface area contributed by atoms with E-state index in [-0.39, 0.29) is 18.3 Å². The van der Waals surface area contributed by atoms with Crippen LogP contribution < -0.4 is 14.8 Å². The van der Waals surface area contributed by atoms with E-state index in [2.05, 4.69) is 10.3 Å². The van der Waals surface area contributed by atoms with Gasteiger partial charge in [0.25, 0.3) is 5.91 Å². The first kappa shape index (κ1) is 24.9. The Balaban J connectivity index is 1.75. The normalized spacial score (nSPS) is 11.0. The van der Waals surface area contributed by atoms with Gasteiger partial charge in [0, 0.05) is 21.9 Å². The number of ether oxygens (including phenoxy) is 2. The summed E-state index contributed by atoms with van der Waals surface area (Å²) in [4.78, 5) is 16.9. The SMILES string of the molecule is CCOc1cc(C=Nc2cccc(Cl)c2C)cc(Cl)c1OCC(=O)Nc1ccc(C)c(Cl)c1. The van der Waals surface area contributed by atoms with Crippen molar-refractivity contribution >= 4 is 58.3 Å². The van der Waals surface area contributed by atoms with Crippen molar-refractivity contribution in [2.45, 2.75) is 20.8 Å². The molecule has 3 aromatic rings. The third-order valence-electron chi connectivity index (χ3n) is 4.73. The third-order valence-corrected chi connectivity index (χ3v) is 5.82. The largest absolute Gasteiger partial charge is 0.490 e. The highest BCUT2D eigenvalue weighted by atomic mass is 35.5. The zero-order valence-electron chi connectivity index (χ0n) is 18.4. The van der Waals surface area contributed by atoms with Crippen LogP contribution in [-0.2, 0) is 4.79 Å². The van der Waals surface area contributed by atoms with E-state index < -0.39 is 0 Å². The first-order chi connectivity index (χ1) is 15.8. The molecular weight excluding hydrogens is 483 g/mol. The second kappa shape index (κ2) is 11.4. The number of nitrogens with zero attached hydrogens (tertiary/aromatic N) is 1. The second-order valence-corrected chi connectivity index (χ2v) is 8.43. The average Bonchev–Trinajstić information content (AvgIpc) is 2.77. The molecule has 1 amide bonds. The first-order valence-electron chi connectivity index (χ1n) is 10.2. The van der Waals surface area contributed by atoms with E-state index in [4.69, 9.17) is 44.3 Å². The Morgan fingerprint density at radius 2 is 1.79 bits per heavy atom. The van der Waals surface area contributed by atoms with Crippen molar-refractivity contribution in [3.8, 4) is 11.5 Å². The quantitative estimate of drug-likeness (QED) is 0.324. The Morgan fingerprint density at radius 3 is 2.52 bits per heavy atom. The number of nitrogens with one attached hydrogen (secondary N) is 1. The van der Waals surface area contributed by atoms with Gasteiger partial charge in [-0.05, 0) is 73.9 Å². The van der Waals surface area contributed by atoms with Crippen LogP contribution in [0.25, 0.3) is 0 Å². The molecule has 0 aliphatic rings. The van der Waals surface area contributed by atoms with Crippen LogP contribution in [0.15, 0.2) is 53.5 Å². The predicted octanol–water partition coefficient (Wildman–Crippen LogP) is 7.43. The minimum Gasteiger partial charge on any atom is -0.490 e. The van der Waals surface area contributed by atoms with Crippen LogP contribution in [0.3, 0.4) is 0 Å². The second-order valence-electron chi connectivity index (χ2n) is 7.21. The first-order valence-corrected chi connectivity index (χ1v) is 11.4. The van der Waals surface area contributed by atoms with E-state index in [9.17, 15) is 4.79 Å². The van der Waals surface area contributed by atoms with Crippen LogP contribution in [0.4, 0.5) is 11.4 Å². The lowest BCUT2D eigenvalue weighted by Gasteiger charge is -2.14. The molecule has 33 heavy (non-hydrogen) atoms. The number of hydrogen-bond acceptors (Lipinski definition) is 4. The van der Waals surface area contributed by atoms with Gasteiger partial charge in [-0.2, -0.15) is 0 Å². The maximum Gasteiger partial charge on any atom is 0.262 e. The van der Waals surface area contributed by atoms with Gasteiger partial charge < -0.3 is 14.8 Å². The fourth-order valence-corrected chi connectivity index (χ4v) is 3.57. The fraction of sp³-hybridized carbons (Fsp3) is 0.200. The Morgan fingerprint density at radius 1 is 1.00 bits per heavy atom. The summed E-state index contributed by atoms with van der Waals surface area (Å²) >= 11 is 18.7. The van der Waals surface area contributed by atoms with Gasteiger partial charge in [-0.25, -0.2) is 0 Å². The van der Waals surface area contributed by atoms with Crippen LogP contribution in [0.5, 0.6) is 11.5 Å². The lowest BCUT2D eigenvalue weighted by molar-refractivity contribution is -0.118. The standard InChI is InChI=1S/C25H23Cl3N2O3/c1-4-32-23-11-17(13-29-22-7-5-6-19(26)16(22)3)10-21(28)25(23)33-14-24(31)30-18-9-8-15(2)20(27)12-18/h5-13H,4,14H2,1-3H3,(H,30,31). The van der Waals surface area contributed by atoms with E-state index in [1.54, 1.807) is 30.5 Å². The third kappa shape index (κ3) is 6.64.